The number of hydrogen-bond acceptors (Lipinski definition) is 5. The molecule has 0 saturated heterocycles. The average Bonchev–Trinajstić information content (AvgIpc) is 2.81. The Morgan fingerprint density at radius 2 is 1.73 bits per heavy atom. The molecule has 7 nitrogen and oxygen atoms in total. The lowest BCUT2D eigenvalue weighted by Crippen LogP contribution is -2.25. The van der Waals surface area contributed by atoms with Crippen LogP contribution in [0.1, 0.15) is 21.6 Å². The number of carbonyl (C=O) groups excluding carboxylic acids is 2. The largest absolute Gasteiger partial charge is 0.497 e. The van der Waals surface area contributed by atoms with Crippen molar-refractivity contribution in [1.82, 2.24) is 9.55 Å². The molecule has 1 amide bonds. The maximum Gasteiger partial charge on any atom is 0.244 e. The highest BCUT2D eigenvalue weighted by molar-refractivity contribution is 9.10. The number of fused-ring (bicyclic) bond motifs is 1. The first-order valence-corrected chi connectivity index (χ1v) is 10.9. The monoisotopic (exact) mass is 505 g/mol. The van der Waals surface area contributed by atoms with E-state index in [0.29, 0.717) is 28.3 Å². The minimum Gasteiger partial charge on any atom is -0.497 e. The van der Waals surface area contributed by atoms with Gasteiger partial charge >= 0.3 is 0 Å². The average molecular weight is 506 g/mol. The molecular formula is C25H20BrN3O4. The maximum atomic E-state index is 13.1. The van der Waals surface area contributed by atoms with Crippen LogP contribution in [-0.4, -0.2) is 28.4 Å². The normalized spacial score (nSPS) is 10.8. The van der Waals surface area contributed by atoms with E-state index >= 15 is 0 Å². The minimum atomic E-state index is -0.419. The van der Waals surface area contributed by atoms with Crippen molar-refractivity contribution in [3.8, 4) is 5.75 Å². The van der Waals surface area contributed by atoms with Gasteiger partial charge in [0.25, 0.3) is 0 Å². The van der Waals surface area contributed by atoms with Gasteiger partial charge in [-0.25, -0.2) is 4.98 Å². The van der Waals surface area contributed by atoms with Crippen LogP contribution in [-0.2, 0) is 11.3 Å². The molecule has 0 bridgehead atoms. The summed E-state index contributed by atoms with van der Waals surface area (Å²) in [5.74, 6) is -0.0649. The van der Waals surface area contributed by atoms with Crippen LogP contribution < -0.4 is 15.5 Å². The topological polar surface area (TPSA) is 90.3 Å². The van der Waals surface area contributed by atoms with Gasteiger partial charge in [0.05, 0.1) is 18.1 Å². The van der Waals surface area contributed by atoms with Crippen LogP contribution in [0.3, 0.4) is 0 Å². The van der Waals surface area contributed by atoms with Crippen molar-refractivity contribution >= 4 is 44.3 Å². The number of ether oxygens (including phenoxy) is 1. The third-order valence-electron chi connectivity index (χ3n) is 5.10. The number of halogens is 1. The Kier molecular flexibility index (Phi) is 6.37. The highest BCUT2D eigenvalue weighted by atomic mass is 79.9. The van der Waals surface area contributed by atoms with E-state index in [1.165, 1.54) is 10.8 Å². The van der Waals surface area contributed by atoms with Crippen molar-refractivity contribution in [2.24, 2.45) is 0 Å². The van der Waals surface area contributed by atoms with E-state index in [2.05, 4.69) is 26.2 Å². The highest BCUT2D eigenvalue weighted by Gasteiger charge is 2.19. The van der Waals surface area contributed by atoms with E-state index in [0.717, 1.165) is 4.47 Å². The number of anilines is 1. The van der Waals surface area contributed by atoms with Crippen molar-refractivity contribution in [3.05, 3.63) is 98.4 Å². The van der Waals surface area contributed by atoms with Crippen molar-refractivity contribution in [2.75, 3.05) is 12.4 Å². The standard InChI is InChI=1S/C25H20BrN3O4/c1-15-3-12-20-24(32)21(23(31)16-4-6-17(26)7-5-16)13-29(25(20)27-15)14-22(30)28-18-8-10-19(33-2)11-9-18/h3-13H,14H2,1-2H3,(H,28,30). The van der Waals surface area contributed by atoms with Gasteiger partial charge in [-0.05, 0) is 67.6 Å². The zero-order valence-corrected chi connectivity index (χ0v) is 19.5. The number of aromatic nitrogens is 2. The number of carbonyl (C=O) groups is 2. The van der Waals surface area contributed by atoms with Crippen LogP contribution in [0.25, 0.3) is 11.0 Å². The lowest BCUT2D eigenvalue weighted by atomic mass is 10.0. The summed E-state index contributed by atoms with van der Waals surface area (Å²) in [5.41, 5.74) is 1.57. The number of benzene rings is 2. The second-order valence-corrected chi connectivity index (χ2v) is 8.35. The summed E-state index contributed by atoms with van der Waals surface area (Å²) >= 11 is 3.34. The Balaban J connectivity index is 1.72. The van der Waals surface area contributed by atoms with Crippen LogP contribution in [0.5, 0.6) is 5.75 Å². The summed E-state index contributed by atoms with van der Waals surface area (Å²) in [5, 5.41) is 3.09. The van der Waals surface area contributed by atoms with Crippen molar-refractivity contribution in [3.63, 3.8) is 0 Å². The third kappa shape index (κ3) is 4.85. The molecule has 33 heavy (non-hydrogen) atoms. The molecule has 4 aromatic rings. The summed E-state index contributed by atoms with van der Waals surface area (Å²) in [6.07, 6.45) is 1.41. The number of rotatable bonds is 6. The number of methoxy groups -OCH3 is 1. The van der Waals surface area contributed by atoms with E-state index in [9.17, 15) is 14.4 Å². The number of hydrogen-bond donors (Lipinski definition) is 1. The number of nitrogens with zero attached hydrogens (tertiary/aromatic N) is 2. The van der Waals surface area contributed by atoms with Crippen LogP contribution >= 0.6 is 15.9 Å². The lowest BCUT2D eigenvalue weighted by molar-refractivity contribution is -0.116. The first-order chi connectivity index (χ1) is 15.9. The molecule has 8 heteroatoms. The van der Waals surface area contributed by atoms with Gasteiger partial charge in [0.1, 0.15) is 17.9 Å². The molecule has 0 saturated carbocycles. The molecule has 2 aromatic carbocycles. The van der Waals surface area contributed by atoms with E-state index in [1.807, 2.05) is 0 Å². The lowest BCUT2D eigenvalue weighted by Gasteiger charge is -2.13. The Bertz CT molecular complexity index is 1410. The van der Waals surface area contributed by atoms with Gasteiger partial charge in [0, 0.05) is 27.6 Å². The van der Waals surface area contributed by atoms with Gasteiger partial charge in [0.15, 0.2) is 5.78 Å². The molecule has 0 atom stereocenters. The first-order valence-electron chi connectivity index (χ1n) is 10.1. The molecule has 1 N–H and O–H groups in total. The zero-order valence-electron chi connectivity index (χ0n) is 18.0. The van der Waals surface area contributed by atoms with Crippen molar-refractivity contribution < 1.29 is 14.3 Å². The molecule has 4 rings (SSSR count). The van der Waals surface area contributed by atoms with Gasteiger partial charge in [-0.1, -0.05) is 15.9 Å². The second-order valence-electron chi connectivity index (χ2n) is 7.44. The summed E-state index contributed by atoms with van der Waals surface area (Å²) in [6, 6.07) is 17.0. The Labute approximate surface area is 198 Å². The molecule has 0 fully saturated rings. The molecule has 0 aliphatic heterocycles. The molecule has 0 aliphatic carbocycles. The molecule has 0 radical (unpaired) electrons. The van der Waals surface area contributed by atoms with Crippen LogP contribution in [0.4, 0.5) is 5.69 Å². The van der Waals surface area contributed by atoms with Crippen LogP contribution in [0, 0.1) is 6.92 Å². The fourth-order valence-corrected chi connectivity index (χ4v) is 3.69. The Hall–Kier alpha value is -3.78. The maximum absolute atomic E-state index is 13.1. The second kappa shape index (κ2) is 9.38. The smallest absolute Gasteiger partial charge is 0.244 e. The minimum absolute atomic E-state index is 0.0206. The van der Waals surface area contributed by atoms with Crippen molar-refractivity contribution in [2.45, 2.75) is 13.5 Å². The number of aryl methyl sites for hydroxylation is 1. The van der Waals surface area contributed by atoms with Gasteiger partial charge in [-0.2, -0.15) is 0 Å². The first kappa shape index (κ1) is 22.4. The fraction of sp³-hybridized carbons (Fsp3) is 0.120. The van der Waals surface area contributed by atoms with E-state index < -0.39 is 11.2 Å². The molecule has 166 valence electrons. The summed E-state index contributed by atoms with van der Waals surface area (Å²) in [4.78, 5) is 43.5. The van der Waals surface area contributed by atoms with Crippen LogP contribution in [0.15, 0.2) is 76.1 Å². The molecule has 0 unspecified atom stereocenters. The Morgan fingerprint density at radius 1 is 1.03 bits per heavy atom. The van der Waals surface area contributed by atoms with Crippen molar-refractivity contribution in [1.29, 1.82) is 0 Å². The van der Waals surface area contributed by atoms with Gasteiger partial charge in [-0.15, -0.1) is 0 Å². The molecule has 0 spiro atoms. The van der Waals surface area contributed by atoms with E-state index in [4.69, 9.17) is 4.74 Å². The summed E-state index contributed by atoms with van der Waals surface area (Å²) in [7, 11) is 1.57. The predicted octanol–water partition coefficient (Wildman–Crippen LogP) is 4.35. The third-order valence-corrected chi connectivity index (χ3v) is 5.63. The summed E-state index contributed by atoms with van der Waals surface area (Å²) < 4.78 is 7.49. The van der Waals surface area contributed by atoms with Gasteiger partial charge < -0.3 is 14.6 Å². The number of pyridine rings is 2. The molecule has 0 aliphatic rings. The zero-order chi connectivity index (χ0) is 23.5. The number of amides is 1. The molecule has 2 heterocycles. The Morgan fingerprint density at radius 3 is 2.39 bits per heavy atom. The van der Waals surface area contributed by atoms with Crippen LogP contribution in [0.2, 0.25) is 0 Å². The summed E-state index contributed by atoms with van der Waals surface area (Å²) in [6.45, 7) is 1.67. The quantitative estimate of drug-likeness (QED) is 0.393. The highest BCUT2D eigenvalue weighted by Crippen LogP contribution is 2.18. The molecular weight excluding hydrogens is 486 g/mol. The van der Waals surface area contributed by atoms with E-state index in [1.54, 1.807) is 74.7 Å². The van der Waals surface area contributed by atoms with Gasteiger partial charge in [0.2, 0.25) is 11.3 Å². The number of nitrogens with one attached hydrogen (secondary N) is 1. The van der Waals surface area contributed by atoms with E-state index in [-0.39, 0.29) is 23.4 Å². The number of ketones is 1. The fourth-order valence-electron chi connectivity index (χ4n) is 3.43. The predicted molar refractivity (Wildman–Crippen MR) is 130 cm³/mol. The molecule has 2 aromatic heterocycles. The SMILES string of the molecule is COc1ccc(NC(=O)Cn2cc(C(=O)c3ccc(Br)cc3)c(=O)c3ccc(C)nc32)cc1. The van der Waals surface area contributed by atoms with Gasteiger partial charge in [-0.3, -0.25) is 14.4 Å².